The lowest BCUT2D eigenvalue weighted by Crippen LogP contribution is -2.14. The minimum absolute atomic E-state index is 0.542. The molecule has 0 spiro atoms. The molecular weight excluding hydrogens is 196 g/mol. The Labute approximate surface area is 99.2 Å². The van der Waals surface area contributed by atoms with E-state index in [0.717, 1.165) is 11.4 Å². The van der Waals surface area contributed by atoms with E-state index in [4.69, 9.17) is 5.73 Å². The maximum absolute atomic E-state index is 5.64. The van der Waals surface area contributed by atoms with Crippen molar-refractivity contribution in [3.8, 4) is 0 Å². The van der Waals surface area contributed by atoms with E-state index in [1.165, 1.54) is 32.1 Å². The van der Waals surface area contributed by atoms with Crippen LogP contribution < -0.4 is 11.1 Å². The van der Waals surface area contributed by atoms with Gasteiger partial charge < -0.3 is 11.1 Å². The highest BCUT2D eigenvalue weighted by Gasteiger charge is 2.01. The molecule has 1 atom stereocenters. The first-order valence-electron chi connectivity index (χ1n) is 6.34. The fourth-order valence-corrected chi connectivity index (χ4v) is 1.81. The first-order chi connectivity index (χ1) is 7.72. The first-order valence-corrected chi connectivity index (χ1v) is 6.34. The Morgan fingerprint density at radius 1 is 1.12 bits per heavy atom. The molecule has 0 aliphatic rings. The van der Waals surface area contributed by atoms with Gasteiger partial charge in [0.05, 0.1) is 0 Å². The summed E-state index contributed by atoms with van der Waals surface area (Å²) >= 11 is 0. The van der Waals surface area contributed by atoms with Gasteiger partial charge in [0.1, 0.15) is 0 Å². The van der Waals surface area contributed by atoms with Gasteiger partial charge in [-0.3, -0.25) is 0 Å². The Hall–Kier alpha value is -1.18. The van der Waals surface area contributed by atoms with Gasteiger partial charge in [-0.15, -0.1) is 0 Å². The number of nitrogens with two attached hydrogens (primary N) is 1. The van der Waals surface area contributed by atoms with E-state index < -0.39 is 0 Å². The molecule has 90 valence electrons. The van der Waals surface area contributed by atoms with Crippen LogP contribution in [0.2, 0.25) is 0 Å². The Morgan fingerprint density at radius 3 is 2.44 bits per heavy atom. The van der Waals surface area contributed by atoms with Crippen LogP contribution in [0.15, 0.2) is 24.3 Å². The van der Waals surface area contributed by atoms with Crippen molar-refractivity contribution in [1.29, 1.82) is 0 Å². The predicted molar refractivity (Wildman–Crippen MR) is 72.7 cm³/mol. The second-order valence-corrected chi connectivity index (χ2v) is 4.52. The molecule has 0 bridgehead atoms. The van der Waals surface area contributed by atoms with Gasteiger partial charge in [-0.1, -0.05) is 32.6 Å². The molecule has 0 heterocycles. The highest BCUT2D eigenvalue weighted by Crippen LogP contribution is 2.14. The molecule has 1 rings (SSSR count). The molecule has 0 radical (unpaired) electrons. The van der Waals surface area contributed by atoms with E-state index in [2.05, 4.69) is 19.2 Å². The quantitative estimate of drug-likeness (QED) is 0.537. The molecule has 0 fully saturated rings. The van der Waals surface area contributed by atoms with Crippen molar-refractivity contribution in [3.63, 3.8) is 0 Å². The molecule has 1 aromatic carbocycles. The summed E-state index contributed by atoms with van der Waals surface area (Å²) in [6.07, 6.45) is 6.57. The Bertz CT molecular complexity index is 279. The molecule has 16 heavy (non-hydrogen) atoms. The van der Waals surface area contributed by atoms with E-state index >= 15 is 0 Å². The largest absolute Gasteiger partial charge is 0.399 e. The zero-order chi connectivity index (χ0) is 11.8. The first kappa shape index (κ1) is 12.9. The van der Waals surface area contributed by atoms with Crippen molar-refractivity contribution >= 4 is 11.4 Å². The van der Waals surface area contributed by atoms with Gasteiger partial charge in [0.15, 0.2) is 0 Å². The summed E-state index contributed by atoms with van der Waals surface area (Å²) in [5.41, 5.74) is 7.63. The minimum Gasteiger partial charge on any atom is -0.399 e. The fourth-order valence-electron chi connectivity index (χ4n) is 1.81. The molecular formula is C14H24N2. The Morgan fingerprint density at radius 2 is 1.81 bits per heavy atom. The van der Waals surface area contributed by atoms with Gasteiger partial charge in [0.2, 0.25) is 0 Å². The van der Waals surface area contributed by atoms with Crippen LogP contribution in [0.25, 0.3) is 0 Å². The topological polar surface area (TPSA) is 38.0 Å². The molecule has 0 aromatic heterocycles. The highest BCUT2D eigenvalue weighted by molar-refractivity contribution is 5.51. The van der Waals surface area contributed by atoms with Crippen molar-refractivity contribution in [2.75, 3.05) is 11.1 Å². The number of hydrogen-bond acceptors (Lipinski definition) is 2. The molecule has 2 nitrogen and oxygen atoms in total. The van der Waals surface area contributed by atoms with Crippen molar-refractivity contribution < 1.29 is 0 Å². The van der Waals surface area contributed by atoms with Crippen LogP contribution in [0, 0.1) is 0 Å². The fraction of sp³-hybridized carbons (Fsp3) is 0.571. The van der Waals surface area contributed by atoms with Gasteiger partial charge in [-0.05, 0) is 37.6 Å². The summed E-state index contributed by atoms with van der Waals surface area (Å²) in [5.74, 6) is 0. The van der Waals surface area contributed by atoms with Crippen molar-refractivity contribution in [2.45, 2.75) is 52.0 Å². The SMILES string of the molecule is CCCCCCC(C)Nc1ccc(N)cc1. The van der Waals surface area contributed by atoms with E-state index in [0.29, 0.717) is 6.04 Å². The second-order valence-electron chi connectivity index (χ2n) is 4.52. The van der Waals surface area contributed by atoms with Gasteiger partial charge in [0, 0.05) is 17.4 Å². The number of unbranched alkanes of at least 4 members (excludes halogenated alkanes) is 3. The number of anilines is 2. The number of nitrogens with one attached hydrogen (secondary N) is 1. The molecule has 0 amide bonds. The zero-order valence-corrected chi connectivity index (χ0v) is 10.5. The molecule has 1 unspecified atom stereocenters. The number of nitrogen functional groups attached to an aromatic ring is 1. The summed E-state index contributed by atoms with van der Waals surface area (Å²) in [7, 11) is 0. The number of hydrogen-bond donors (Lipinski definition) is 2. The third-order valence-corrected chi connectivity index (χ3v) is 2.81. The van der Waals surface area contributed by atoms with E-state index in [1.807, 2.05) is 24.3 Å². The normalized spacial score (nSPS) is 12.4. The number of benzene rings is 1. The van der Waals surface area contributed by atoms with Crippen molar-refractivity contribution in [1.82, 2.24) is 0 Å². The molecule has 1 aromatic rings. The monoisotopic (exact) mass is 220 g/mol. The molecule has 0 aliphatic heterocycles. The summed E-state index contributed by atoms with van der Waals surface area (Å²) < 4.78 is 0. The van der Waals surface area contributed by atoms with E-state index in [1.54, 1.807) is 0 Å². The summed E-state index contributed by atoms with van der Waals surface area (Å²) in [4.78, 5) is 0. The standard InChI is InChI=1S/C14H24N2/c1-3-4-5-6-7-12(2)16-14-10-8-13(15)9-11-14/h8-12,16H,3-7,15H2,1-2H3. The van der Waals surface area contributed by atoms with Gasteiger partial charge in [-0.2, -0.15) is 0 Å². The van der Waals surface area contributed by atoms with Crippen LogP contribution in [-0.2, 0) is 0 Å². The van der Waals surface area contributed by atoms with Gasteiger partial charge in [0.25, 0.3) is 0 Å². The van der Waals surface area contributed by atoms with Gasteiger partial charge in [-0.25, -0.2) is 0 Å². The Balaban J connectivity index is 2.23. The second kappa shape index (κ2) is 7.15. The maximum Gasteiger partial charge on any atom is 0.0343 e. The van der Waals surface area contributed by atoms with Gasteiger partial charge >= 0.3 is 0 Å². The lowest BCUT2D eigenvalue weighted by Gasteiger charge is -2.15. The molecule has 2 heteroatoms. The third kappa shape index (κ3) is 5.06. The third-order valence-electron chi connectivity index (χ3n) is 2.81. The smallest absolute Gasteiger partial charge is 0.0343 e. The average molecular weight is 220 g/mol. The van der Waals surface area contributed by atoms with Crippen LogP contribution in [-0.4, -0.2) is 6.04 Å². The maximum atomic E-state index is 5.64. The average Bonchev–Trinajstić information content (AvgIpc) is 2.28. The molecule has 3 N–H and O–H groups in total. The minimum atomic E-state index is 0.542. The Kier molecular flexibility index (Phi) is 5.76. The van der Waals surface area contributed by atoms with Crippen molar-refractivity contribution in [2.24, 2.45) is 0 Å². The van der Waals surface area contributed by atoms with Crippen LogP contribution in [0.3, 0.4) is 0 Å². The van der Waals surface area contributed by atoms with E-state index in [9.17, 15) is 0 Å². The summed E-state index contributed by atoms with van der Waals surface area (Å²) in [6.45, 7) is 4.48. The zero-order valence-electron chi connectivity index (χ0n) is 10.5. The van der Waals surface area contributed by atoms with Crippen LogP contribution in [0.4, 0.5) is 11.4 Å². The summed E-state index contributed by atoms with van der Waals surface area (Å²) in [5, 5.41) is 3.49. The number of rotatable bonds is 7. The molecule has 0 saturated carbocycles. The van der Waals surface area contributed by atoms with Crippen LogP contribution in [0.1, 0.15) is 46.0 Å². The lowest BCUT2D eigenvalue weighted by atomic mass is 10.1. The lowest BCUT2D eigenvalue weighted by molar-refractivity contribution is 0.594. The predicted octanol–water partition coefficient (Wildman–Crippen LogP) is 4.04. The van der Waals surface area contributed by atoms with E-state index in [-0.39, 0.29) is 0 Å². The molecule has 0 saturated heterocycles. The highest BCUT2D eigenvalue weighted by atomic mass is 14.9. The summed E-state index contributed by atoms with van der Waals surface area (Å²) in [6, 6.07) is 8.49. The van der Waals surface area contributed by atoms with Crippen LogP contribution >= 0.6 is 0 Å². The molecule has 0 aliphatic carbocycles. The van der Waals surface area contributed by atoms with Crippen molar-refractivity contribution in [3.05, 3.63) is 24.3 Å². The van der Waals surface area contributed by atoms with Crippen LogP contribution in [0.5, 0.6) is 0 Å².